The Hall–Kier alpha value is -1.39. The molecule has 1 aliphatic heterocycles. The van der Waals surface area contributed by atoms with E-state index >= 15 is 0 Å². The smallest absolute Gasteiger partial charge is 0.165 e. The third-order valence-electron chi connectivity index (χ3n) is 4.08. The molecule has 1 saturated heterocycles. The molecule has 1 fully saturated rings. The fraction of sp³-hybridized carbons (Fsp3) is 0.529. The highest BCUT2D eigenvalue weighted by Gasteiger charge is 2.22. The zero-order valence-corrected chi connectivity index (χ0v) is 12.5. The van der Waals surface area contributed by atoms with Crippen molar-refractivity contribution < 1.29 is 9.50 Å². The van der Waals surface area contributed by atoms with Crippen molar-refractivity contribution in [2.75, 3.05) is 26.2 Å². The molecule has 1 atom stereocenters. The van der Waals surface area contributed by atoms with Crippen molar-refractivity contribution >= 4 is 0 Å². The van der Waals surface area contributed by atoms with Crippen LogP contribution in [0.15, 0.2) is 30.9 Å². The summed E-state index contributed by atoms with van der Waals surface area (Å²) in [5, 5.41) is 12.7. The van der Waals surface area contributed by atoms with Crippen molar-refractivity contribution in [2.45, 2.75) is 31.7 Å². The van der Waals surface area contributed by atoms with E-state index in [4.69, 9.17) is 0 Å². The lowest BCUT2D eigenvalue weighted by atomic mass is 9.97. The van der Waals surface area contributed by atoms with Crippen LogP contribution in [-0.4, -0.2) is 36.2 Å². The molecular weight excluding hydrogens is 267 g/mol. The molecule has 2 N–H and O–H groups in total. The zero-order chi connectivity index (χ0) is 15.1. The van der Waals surface area contributed by atoms with Crippen molar-refractivity contribution in [1.82, 2.24) is 10.2 Å². The molecule has 0 bridgehead atoms. The minimum atomic E-state index is -0.529. The van der Waals surface area contributed by atoms with Crippen LogP contribution < -0.4 is 5.32 Å². The maximum absolute atomic E-state index is 13.7. The molecule has 0 amide bonds. The Labute approximate surface area is 126 Å². The largest absolute Gasteiger partial charge is 0.505 e. The molecule has 0 aliphatic carbocycles. The van der Waals surface area contributed by atoms with Crippen LogP contribution in [0.5, 0.6) is 5.75 Å². The van der Waals surface area contributed by atoms with Crippen LogP contribution in [0.3, 0.4) is 0 Å². The minimum Gasteiger partial charge on any atom is -0.505 e. The number of benzene rings is 1. The number of hydrogen-bond donors (Lipinski definition) is 2. The third kappa shape index (κ3) is 4.55. The molecular formula is C17H25FN2O. The summed E-state index contributed by atoms with van der Waals surface area (Å²) in [6.45, 7) is 7.66. The van der Waals surface area contributed by atoms with Crippen molar-refractivity contribution in [1.29, 1.82) is 0 Å². The second kappa shape index (κ2) is 8.15. The summed E-state index contributed by atoms with van der Waals surface area (Å²) in [6.07, 6.45) is 6.20. The Morgan fingerprint density at radius 1 is 1.33 bits per heavy atom. The van der Waals surface area contributed by atoms with E-state index in [9.17, 15) is 9.50 Å². The monoisotopic (exact) mass is 292 g/mol. The highest BCUT2D eigenvalue weighted by atomic mass is 19.1. The number of aromatic hydroxyl groups is 1. The van der Waals surface area contributed by atoms with E-state index in [1.54, 1.807) is 0 Å². The van der Waals surface area contributed by atoms with Gasteiger partial charge in [-0.05, 0) is 37.0 Å². The average molecular weight is 292 g/mol. The van der Waals surface area contributed by atoms with E-state index in [1.807, 2.05) is 12.1 Å². The zero-order valence-electron chi connectivity index (χ0n) is 12.5. The van der Waals surface area contributed by atoms with Crippen LogP contribution in [0.2, 0.25) is 0 Å². The Bertz CT molecular complexity index is 458. The normalized spacial score (nSPS) is 17.6. The number of rotatable bonds is 7. The molecule has 3 nitrogen and oxygen atoms in total. The first-order valence-electron chi connectivity index (χ1n) is 7.76. The molecule has 0 aromatic heterocycles. The highest BCUT2D eigenvalue weighted by molar-refractivity contribution is 5.30. The van der Waals surface area contributed by atoms with E-state index in [1.165, 1.54) is 12.1 Å². The second-order valence-corrected chi connectivity index (χ2v) is 5.59. The van der Waals surface area contributed by atoms with Gasteiger partial charge in [-0.25, -0.2) is 4.39 Å². The topological polar surface area (TPSA) is 35.5 Å². The number of nitrogens with zero attached hydrogens (tertiary/aromatic N) is 1. The molecule has 116 valence electrons. The molecule has 1 aliphatic rings. The number of phenols is 1. The van der Waals surface area contributed by atoms with Gasteiger partial charge in [0, 0.05) is 32.2 Å². The number of unbranched alkanes of at least 4 members (excludes halogenated alkanes) is 2. The highest BCUT2D eigenvalue weighted by Crippen LogP contribution is 2.29. The van der Waals surface area contributed by atoms with Gasteiger partial charge in [0.2, 0.25) is 0 Å². The summed E-state index contributed by atoms with van der Waals surface area (Å²) in [4.78, 5) is 2.41. The molecule has 2 rings (SSSR count). The summed E-state index contributed by atoms with van der Waals surface area (Å²) in [5.41, 5.74) is 0.964. The van der Waals surface area contributed by atoms with E-state index in [2.05, 4.69) is 16.8 Å². The number of halogens is 1. The quantitative estimate of drug-likeness (QED) is 0.598. The maximum Gasteiger partial charge on any atom is 0.165 e. The van der Waals surface area contributed by atoms with Gasteiger partial charge in [-0.15, -0.1) is 6.58 Å². The number of hydrogen-bond acceptors (Lipinski definition) is 3. The van der Waals surface area contributed by atoms with E-state index in [0.29, 0.717) is 0 Å². The van der Waals surface area contributed by atoms with Gasteiger partial charge >= 0.3 is 0 Å². The van der Waals surface area contributed by atoms with Gasteiger partial charge < -0.3 is 10.4 Å². The van der Waals surface area contributed by atoms with Crippen LogP contribution in [0, 0.1) is 5.82 Å². The molecule has 1 heterocycles. The average Bonchev–Trinajstić information content (AvgIpc) is 2.51. The van der Waals surface area contributed by atoms with Crippen LogP contribution in [-0.2, 0) is 0 Å². The van der Waals surface area contributed by atoms with Gasteiger partial charge in [-0.1, -0.05) is 18.6 Å². The van der Waals surface area contributed by atoms with Gasteiger partial charge in [0.15, 0.2) is 11.6 Å². The SMILES string of the molecule is C=CCCCC[C@@H](c1ccc(O)c(F)c1)N1CCNCC1. The van der Waals surface area contributed by atoms with Crippen LogP contribution in [0.4, 0.5) is 4.39 Å². The molecule has 1 aromatic rings. The first-order valence-corrected chi connectivity index (χ1v) is 7.76. The summed E-state index contributed by atoms with van der Waals surface area (Å²) in [6, 6.07) is 5.02. The fourth-order valence-electron chi connectivity index (χ4n) is 2.91. The van der Waals surface area contributed by atoms with Crippen molar-refractivity contribution in [2.24, 2.45) is 0 Å². The van der Waals surface area contributed by atoms with E-state index in [0.717, 1.165) is 57.4 Å². The Morgan fingerprint density at radius 3 is 2.76 bits per heavy atom. The van der Waals surface area contributed by atoms with Gasteiger partial charge in [-0.3, -0.25) is 4.90 Å². The minimum absolute atomic E-state index is 0.229. The van der Waals surface area contributed by atoms with Gasteiger partial charge in [0.25, 0.3) is 0 Å². The fourth-order valence-corrected chi connectivity index (χ4v) is 2.91. The lowest BCUT2D eigenvalue weighted by molar-refractivity contribution is 0.162. The molecule has 0 saturated carbocycles. The first-order chi connectivity index (χ1) is 10.2. The number of piperazine rings is 1. The summed E-state index contributed by atoms with van der Waals surface area (Å²) >= 11 is 0. The Morgan fingerprint density at radius 2 is 2.10 bits per heavy atom. The molecule has 0 spiro atoms. The Balaban J connectivity index is 2.09. The lowest BCUT2D eigenvalue weighted by Gasteiger charge is -2.35. The third-order valence-corrected chi connectivity index (χ3v) is 4.08. The van der Waals surface area contributed by atoms with Crippen LogP contribution in [0.1, 0.15) is 37.3 Å². The molecule has 1 aromatic carbocycles. The van der Waals surface area contributed by atoms with Crippen molar-refractivity contribution in [3.8, 4) is 5.75 Å². The van der Waals surface area contributed by atoms with Gasteiger partial charge in [0.05, 0.1) is 0 Å². The number of allylic oxidation sites excluding steroid dienone is 1. The first kappa shape index (κ1) is 16.0. The lowest BCUT2D eigenvalue weighted by Crippen LogP contribution is -2.45. The molecule has 4 heteroatoms. The molecule has 0 radical (unpaired) electrons. The van der Waals surface area contributed by atoms with Crippen LogP contribution >= 0.6 is 0 Å². The van der Waals surface area contributed by atoms with E-state index in [-0.39, 0.29) is 11.8 Å². The Kier molecular flexibility index (Phi) is 6.21. The predicted octanol–water partition coefficient (Wildman–Crippen LogP) is 3.22. The summed E-state index contributed by atoms with van der Waals surface area (Å²) in [5.74, 6) is -0.803. The van der Waals surface area contributed by atoms with Gasteiger partial charge in [-0.2, -0.15) is 0 Å². The van der Waals surface area contributed by atoms with Crippen molar-refractivity contribution in [3.05, 3.63) is 42.2 Å². The summed E-state index contributed by atoms with van der Waals surface area (Å²) < 4.78 is 13.7. The van der Waals surface area contributed by atoms with E-state index < -0.39 is 5.82 Å². The van der Waals surface area contributed by atoms with Crippen LogP contribution in [0.25, 0.3) is 0 Å². The predicted molar refractivity (Wildman–Crippen MR) is 83.9 cm³/mol. The number of nitrogens with one attached hydrogen (secondary N) is 1. The second-order valence-electron chi connectivity index (χ2n) is 5.59. The molecule has 21 heavy (non-hydrogen) atoms. The molecule has 0 unspecified atom stereocenters. The number of phenolic OH excluding ortho intramolecular Hbond substituents is 1. The standard InChI is InChI=1S/C17H25FN2O/c1-2-3-4-5-6-16(20-11-9-19-10-12-20)14-7-8-17(21)15(18)13-14/h2,7-8,13,16,19,21H,1,3-6,9-12H2/t16-/m0/s1. The van der Waals surface area contributed by atoms with Crippen molar-refractivity contribution in [3.63, 3.8) is 0 Å². The maximum atomic E-state index is 13.7. The van der Waals surface area contributed by atoms with Gasteiger partial charge in [0.1, 0.15) is 0 Å². The summed E-state index contributed by atoms with van der Waals surface area (Å²) in [7, 11) is 0.